The first-order chi connectivity index (χ1) is 9.58. The molecule has 0 spiro atoms. The van der Waals surface area contributed by atoms with Crippen LogP contribution >= 0.6 is 0 Å². The van der Waals surface area contributed by atoms with Gasteiger partial charge in [0.1, 0.15) is 0 Å². The number of carboxylic acids is 1. The summed E-state index contributed by atoms with van der Waals surface area (Å²) in [6.45, 7) is 2.50. The van der Waals surface area contributed by atoms with E-state index in [2.05, 4.69) is 17.0 Å². The highest BCUT2D eigenvalue weighted by molar-refractivity contribution is 5.75. The van der Waals surface area contributed by atoms with Gasteiger partial charge in [-0.25, -0.2) is 0 Å². The third-order valence-electron chi connectivity index (χ3n) is 3.47. The predicted molar refractivity (Wildman–Crippen MR) is 81.0 cm³/mol. The van der Waals surface area contributed by atoms with E-state index < -0.39 is 11.9 Å². The first-order valence-electron chi connectivity index (χ1n) is 6.66. The van der Waals surface area contributed by atoms with Gasteiger partial charge in [-0.15, -0.1) is 0 Å². The molecule has 2 aromatic carbocycles. The van der Waals surface area contributed by atoms with E-state index in [9.17, 15) is 4.79 Å². The zero-order valence-electron chi connectivity index (χ0n) is 11.8. The number of carbonyl (C=O) groups is 1. The van der Waals surface area contributed by atoms with Crippen molar-refractivity contribution in [3.63, 3.8) is 0 Å². The fourth-order valence-corrected chi connectivity index (χ4v) is 2.10. The van der Waals surface area contributed by atoms with Crippen LogP contribution in [0.15, 0.2) is 54.6 Å². The summed E-state index contributed by atoms with van der Waals surface area (Å²) in [5, 5.41) is 8.99. The molecular formula is C17H19NO2. The first kappa shape index (κ1) is 14.1. The van der Waals surface area contributed by atoms with Crippen molar-refractivity contribution in [1.29, 1.82) is 0 Å². The summed E-state index contributed by atoms with van der Waals surface area (Å²) in [7, 11) is 2.04. The SMILES string of the molecule is CC(C(=O)O)c1ccc(CN(C)c2ccccc2)cc1. The molecule has 2 rings (SSSR count). The largest absolute Gasteiger partial charge is 0.481 e. The Morgan fingerprint density at radius 2 is 1.70 bits per heavy atom. The van der Waals surface area contributed by atoms with Crippen molar-refractivity contribution < 1.29 is 9.90 Å². The fourth-order valence-electron chi connectivity index (χ4n) is 2.10. The molecule has 0 aliphatic rings. The van der Waals surface area contributed by atoms with E-state index in [-0.39, 0.29) is 0 Å². The molecule has 3 nitrogen and oxygen atoms in total. The van der Waals surface area contributed by atoms with Crippen LogP contribution in [-0.2, 0) is 11.3 Å². The van der Waals surface area contributed by atoms with Crippen LogP contribution in [0.5, 0.6) is 0 Å². The Balaban J connectivity index is 2.06. The molecule has 2 aromatic rings. The maximum atomic E-state index is 10.9. The quantitative estimate of drug-likeness (QED) is 0.903. The van der Waals surface area contributed by atoms with Crippen molar-refractivity contribution in [1.82, 2.24) is 0 Å². The monoisotopic (exact) mass is 269 g/mol. The van der Waals surface area contributed by atoms with Crippen molar-refractivity contribution in [2.75, 3.05) is 11.9 Å². The molecule has 0 fully saturated rings. The number of nitrogens with zero attached hydrogens (tertiary/aromatic N) is 1. The number of hydrogen-bond acceptors (Lipinski definition) is 2. The third kappa shape index (κ3) is 3.38. The Hall–Kier alpha value is -2.29. The van der Waals surface area contributed by atoms with Crippen LogP contribution < -0.4 is 4.90 Å². The van der Waals surface area contributed by atoms with E-state index in [4.69, 9.17) is 5.11 Å². The molecule has 0 saturated heterocycles. The molecule has 0 radical (unpaired) electrons. The lowest BCUT2D eigenvalue weighted by molar-refractivity contribution is -0.138. The van der Waals surface area contributed by atoms with Gasteiger partial charge in [-0.1, -0.05) is 42.5 Å². The van der Waals surface area contributed by atoms with Gasteiger partial charge in [-0.3, -0.25) is 4.79 Å². The van der Waals surface area contributed by atoms with Crippen LogP contribution in [0.3, 0.4) is 0 Å². The average Bonchev–Trinajstić information content (AvgIpc) is 2.48. The standard InChI is InChI=1S/C17H19NO2/c1-13(17(19)20)15-10-8-14(9-11-15)12-18(2)16-6-4-3-5-7-16/h3-11,13H,12H2,1-2H3,(H,19,20). The van der Waals surface area contributed by atoms with Crippen molar-refractivity contribution in [2.45, 2.75) is 19.4 Å². The lowest BCUT2D eigenvalue weighted by atomic mass is 10.00. The lowest BCUT2D eigenvalue weighted by Crippen LogP contribution is -2.16. The van der Waals surface area contributed by atoms with Crippen LogP contribution in [0.1, 0.15) is 24.0 Å². The van der Waals surface area contributed by atoms with Crippen LogP contribution in [-0.4, -0.2) is 18.1 Å². The summed E-state index contributed by atoms with van der Waals surface area (Å²) >= 11 is 0. The topological polar surface area (TPSA) is 40.5 Å². The summed E-state index contributed by atoms with van der Waals surface area (Å²) in [6.07, 6.45) is 0. The molecular weight excluding hydrogens is 250 g/mol. The second-order valence-corrected chi connectivity index (χ2v) is 4.99. The van der Waals surface area contributed by atoms with Gasteiger partial charge in [0.05, 0.1) is 5.92 Å². The molecule has 0 amide bonds. The number of aliphatic carboxylic acids is 1. The average molecular weight is 269 g/mol. The smallest absolute Gasteiger partial charge is 0.310 e. The molecule has 0 bridgehead atoms. The lowest BCUT2D eigenvalue weighted by Gasteiger charge is -2.19. The molecule has 0 aliphatic heterocycles. The number of benzene rings is 2. The highest BCUT2D eigenvalue weighted by Gasteiger charge is 2.13. The van der Waals surface area contributed by atoms with Crippen molar-refractivity contribution in [2.24, 2.45) is 0 Å². The van der Waals surface area contributed by atoms with Crippen molar-refractivity contribution in [3.05, 3.63) is 65.7 Å². The number of hydrogen-bond donors (Lipinski definition) is 1. The van der Waals surface area contributed by atoms with Crippen LogP contribution in [0.4, 0.5) is 5.69 Å². The van der Waals surface area contributed by atoms with Gasteiger partial charge < -0.3 is 10.0 Å². The first-order valence-corrected chi connectivity index (χ1v) is 6.66. The van der Waals surface area contributed by atoms with Gasteiger partial charge in [0.2, 0.25) is 0 Å². The molecule has 3 heteroatoms. The van der Waals surface area contributed by atoms with Crippen LogP contribution in [0.25, 0.3) is 0 Å². The normalized spacial score (nSPS) is 11.9. The van der Waals surface area contributed by atoms with Gasteiger partial charge >= 0.3 is 5.97 Å². The van der Waals surface area contributed by atoms with Gasteiger partial charge in [-0.05, 0) is 30.2 Å². The molecule has 20 heavy (non-hydrogen) atoms. The minimum Gasteiger partial charge on any atom is -0.481 e. The van der Waals surface area contributed by atoms with Crippen LogP contribution in [0, 0.1) is 0 Å². The third-order valence-corrected chi connectivity index (χ3v) is 3.47. The second kappa shape index (κ2) is 6.24. The van der Waals surface area contributed by atoms with E-state index in [1.165, 1.54) is 0 Å². The van der Waals surface area contributed by atoms with Gasteiger partial charge in [-0.2, -0.15) is 0 Å². The van der Waals surface area contributed by atoms with E-state index in [0.29, 0.717) is 0 Å². The van der Waals surface area contributed by atoms with Crippen molar-refractivity contribution >= 4 is 11.7 Å². The Morgan fingerprint density at radius 3 is 2.25 bits per heavy atom. The highest BCUT2D eigenvalue weighted by atomic mass is 16.4. The molecule has 0 heterocycles. The van der Waals surface area contributed by atoms with E-state index in [1.807, 2.05) is 49.5 Å². The molecule has 1 atom stereocenters. The van der Waals surface area contributed by atoms with Gasteiger partial charge in [0.15, 0.2) is 0 Å². The Bertz CT molecular complexity index is 563. The molecule has 1 N–H and O–H groups in total. The van der Waals surface area contributed by atoms with E-state index >= 15 is 0 Å². The summed E-state index contributed by atoms with van der Waals surface area (Å²) < 4.78 is 0. The number of rotatable bonds is 5. The Kier molecular flexibility index (Phi) is 4.41. The van der Waals surface area contributed by atoms with Crippen LogP contribution in [0.2, 0.25) is 0 Å². The predicted octanol–water partition coefficient (Wildman–Crippen LogP) is 3.51. The van der Waals surface area contributed by atoms with E-state index in [1.54, 1.807) is 6.92 Å². The molecule has 0 aliphatic carbocycles. The Labute approximate surface area is 119 Å². The summed E-state index contributed by atoms with van der Waals surface area (Å²) in [5.41, 5.74) is 3.16. The number of para-hydroxylation sites is 1. The number of anilines is 1. The maximum Gasteiger partial charge on any atom is 0.310 e. The summed E-state index contributed by atoms with van der Waals surface area (Å²) in [4.78, 5) is 13.1. The second-order valence-electron chi connectivity index (χ2n) is 4.99. The zero-order valence-corrected chi connectivity index (χ0v) is 11.8. The molecule has 0 aromatic heterocycles. The maximum absolute atomic E-state index is 10.9. The summed E-state index contributed by atoms with van der Waals surface area (Å²) in [6, 6.07) is 18.0. The highest BCUT2D eigenvalue weighted by Crippen LogP contribution is 2.18. The van der Waals surface area contributed by atoms with Gasteiger partial charge in [0.25, 0.3) is 0 Å². The molecule has 104 valence electrons. The molecule has 1 unspecified atom stereocenters. The molecule has 0 saturated carbocycles. The minimum atomic E-state index is -0.792. The fraction of sp³-hybridized carbons (Fsp3) is 0.235. The van der Waals surface area contributed by atoms with Crippen molar-refractivity contribution in [3.8, 4) is 0 Å². The minimum absolute atomic E-state index is 0.462. The zero-order chi connectivity index (χ0) is 14.5. The summed E-state index contributed by atoms with van der Waals surface area (Å²) in [5.74, 6) is -1.25. The van der Waals surface area contributed by atoms with E-state index in [0.717, 1.165) is 23.4 Å². The van der Waals surface area contributed by atoms with Gasteiger partial charge in [0, 0.05) is 19.3 Å². The Morgan fingerprint density at radius 1 is 1.10 bits per heavy atom. The number of carboxylic acid groups (broad SMARTS) is 1.